The fourth-order valence-corrected chi connectivity index (χ4v) is 4.64. The Hall–Kier alpha value is -3.87. The Morgan fingerprint density at radius 1 is 0.941 bits per heavy atom. The van der Waals surface area contributed by atoms with Gasteiger partial charge in [-0.3, -0.25) is 4.79 Å². The summed E-state index contributed by atoms with van der Waals surface area (Å²) in [6.45, 7) is 0. The van der Waals surface area contributed by atoms with E-state index in [9.17, 15) is 14.7 Å². The standard InChI is InChI=1S/C26H17Cl2N3O3/c27-19-7-4-17(5-8-19)26(25(33)34,31-11-10-29-15-31)18-6-9-23-22(13-18)21(14-24(32)30-23)16-2-1-3-20(28)12-16/h1-15H,(H,30,32)(H,33,34)/p-1. The molecule has 0 amide bonds. The molecule has 0 aliphatic heterocycles. The molecule has 0 radical (unpaired) electrons. The molecule has 3 aromatic carbocycles. The number of aromatic amines is 1. The summed E-state index contributed by atoms with van der Waals surface area (Å²) < 4.78 is 1.48. The lowest BCUT2D eigenvalue weighted by molar-refractivity contribution is -0.313. The van der Waals surface area contributed by atoms with Crippen molar-refractivity contribution in [1.29, 1.82) is 0 Å². The van der Waals surface area contributed by atoms with Gasteiger partial charge in [0.1, 0.15) is 5.54 Å². The Bertz CT molecular complexity index is 1580. The highest BCUT2D eigenvalue weighted by Gasteiger charge is 2.38. The Morgan fingerprint density at radius 2 is 1.71 bits per heavy atom. The monoisotopic (exact) mass is 488 g/mol. The molecule has 2 aromatic heterocycles. The number of carbonyl (C=O) groups is 1. The highest BCUT2D eigenvalue weighted by Crippen LogP contribution is 2.37. The van der Waals surface area contributed by atoms with Crippen molar-refractivity contribution in [3.8, 4) is 11.1 Å². The van der Waals surface area contributed by atoms with Gasteiger partial charge in [-0.25, -0.2) is 4.98 Å². The lowest BCUT2D eigenvalue weighted by Gasteiger charge is -2.37. The maximum atomic E-state index is 12.9. The number of carboxylic acid groups (broad SMARTS) is 1. The molecule has 0 bridgehead atoms. The SMILES string of the molecule is O=C([O-])C(c1ccc(Cl)cc1)(c1ccc2[nH]c(=O)cc(-c3cccc(Cl)c3)c2c1)n1ccnc1. The van der Waals surface area contributed by atoms with Crippen LogP contribution in [0.2, 0.25) is 10.0 Å². The summed E-state index contributed by atoms with van der Waals surface area (Å²) >= 11 is 12.3. The number of rotatable bonds is 5. The van der Waals surface area contributed by atoms with Crippen molar-refractivity contribution in [2.75, 3.05) is 0 Å². The molecule has 0 saturated heterocycles. The molecule has 0 saturated carbocycles. The van der Waals surface area contributed by atoms with Crippen molar-refractivity contribution in [1.82, 2.24) is 14.5 Å². The van der Waals surface area contributed by atoms with Crippen LogP contribution in [0.4, 0.5) is 0 Å². The molecule has 0 fully saturated rings. The van der Waals surface area contributed by atoms with Crippen molar-refractivity contribution in [2.24, 2.45) is 0 Å². The van der Waals surface area contributed by atoms with Gasteiger partial charge in [-0.05, 0) is 58.7 Å². The first-order valence-corrected chi connectivity index (χ1v) is 11.0. The highest BCUT2D eigenvalue weighted by molar-refractivity contribution is 6.31. The van der Waals surface area contributed by atoms with Crippen molar-refractivity contribution < 1.29 is 9.90 Å². The molecule has 1 atom stereocenters. The molecule has 0 aliphatic rings. The number of aromatic nitrogens is 3. The molecule has 1 unspecified atom stereocenters. The second kappa shape index (κ2) is 8.48. The minimum absolute atomic E-state index is 0.284. The third kappa shape index (κ3) is 3.57. The van der Waals surface area contributed by atoms with E-state index in [0.717, 1.165) is 5.56 Å². The maximum absolute atomic E-state index is 12.9. The van der Waals surface area contributed by atoms with E-state index in [0.29, 0.717) is 37.6 Å². The Morgan fingerprint density at radius 3 is 2.38 bits per heavy atom. The third-order valence-electron chi connectivity index (χ3n) is 5.85. The number of H-pyrrole nitrogens is 1. The summed E-state index contributed by atoms with van der Waals surface area (Å²) in [5, 5.41) is 14.6. The molecule has 2 heterocycles. The number of nitrogens with one attached hydrogen (secondary N) is 1. The van der Waals surface area contributed by atoms with Gasteiger partial charge in [0.25, 0.3) is 0 Å². The average molecular weight is 489 g/mol. The Labute approximate surface area is 204 Å². The first-order chi connectivity index (χ1) is 16.4. The van der Waals surface area contributed by atoms with E-state index in [1.54, 1.807) is 66.9 Å². The molecule has 5 aromatic rings. The number of carboxylic acids is 1. The number of pyridine rings is 1. The summed E-state index contributed by atoms with van der Waals surface area (Å²) in [4.78, 5) is 32.2. The van der Waals surface area contributed by atoms with Gasteiger partial charge in [0.05, 0.1) is 12.3 Å². The molecular formula is C26H16Cl2N3O3-. The number of fused-ring (bicyclic) bond motifs is 1. The van der Waals surface area contributed by atoms with Crippen molar-refractivity contribution in [3.05, 3.63) is 123 Å². The number of carbonyl (C=O) groups excluding carboxylic acids is 1. The van der Waals surface area contributed by atoms with Crippen LogP contribution >= 0.6 is 23.2 Å². The van der Waals surface area contributed by atoms with E-state index >= 15 is 0 Å². The molecule has 168 valence electrons. The summed E-state index contributed by atoms with van der Waals surface area (Å²) in [5.74, 6) is -1.35. The largest absolute Gasteiger partial charge is 0.547 e. The molecule has 5 rings (SSSR count). The van der Waals surface area contributed by atoms with Gasteiger partial charge in [-0.1, -0.05) is 53.5 Å². The van der Waals surface area contributed by atoms with E-state index in [2.05, 4.69) is 9.97 Å². The van der Waals surface area contributed by atoms with Crippen molar-refractivity contribution >= 4 is 40.1 Å². The Balaban J connectivity index is 1.86. The van der Waals surface area contributed by atoms with Gasteiger partial charge in [0.15, 0.2) is 0 Å². The van der Waals surface area contributed by atoms with E-state index in [4.69, 9.17) is 23.2 Å². The quantitative estimate of drug-likeness (QED) is 0.400. The fourth-order valence-electron chi connectivity index (χ4n) is 4.33. The number of imidazole rings is 1. The summed E-state index contributed by atoms with van der Waals surface area (Å²) in [5.41, 5.74) is 0.732. The third-order valence-corrected chi connectivity index (χ3v) is 6.33. The minimum Gasteiger partial charge on any atom is -0.547 e. The van der Waals surface area contributed by atoms with Gasteiger partial charge in [-0.15, -0.1) is 0 Å². The van der Waals surface area contributed by atoms with E-state index in [1.807, 2.05) is 6.07 Å². The number of nitrogens with zero attached hydrogens (tertiary/aromatic N) is 2. The zero-order valence-corrected chi connectivity index (χ0v) is 19.0. The molecule has 0 aliphatic carbocycles. The lowest BCUT2D eigenvalue weighted by Crippen LogP contribution is -2.51. The van der Waals surface area contributed by atoms with Crippen LogP contribution in [0.5, 0.6) is 0 Å². The second-order valence-corrected chi connectivity index (χ2v) is 8.67. The van der Waals surface area contributed by atoms with E-state index < -0.39 is 11.5 Å². The van der Waals surface area contributed by atoms with Crippen LogP contribution in [0.1, 0.15) is 11.1 Å². The molecule has 34 heavy (non-hydrogen) atoms. The molecule has 0 spiro atoms. The van der Waals surface area contributed by atoms with E-state index in [1.165, 1.54) is 23.2 Å². The smallest absolute Gasteiger partial charge is 0.249 e. The molecular weight excluding hydrogens is 473 g/mol. The van der Waals surface area contributed by atoms with Crippen LogP contribution in [0.25, 0.3) is 22.0 Å². The number of halogens is 2. The predicted molar refractivity (Wildman–Crippen MR) is 130 cm³/mol. The van der Waals surface area contributed by atoms with Crippen molar-refractivity contribution in [3.63, 3.8) is 0 Å². The van der Waals surface area contributed by atoms with E-state index in [-0.39, 0.29) is 5.56 Å². The molecule has 8 heteroatoms. The van der Waals surface area contributed by atoms with Crippen LogP contribution < -0.4 is 10.7 Å². The van der Waals surface area contributed by atoms with Crippen LogP contribution in [0, 0.1) is 0 Å². The molecule has 1 N–H and O–H groups in total. The zero-order chi connectivity index (χ0) is 23.9. The van der Waals surface area contributed by atoms with Gasteiger partial charge in [0.2, 0.25) is 5.56 Å². The van der Waals surface area contributed by atoms with Crippen LogP contribution in [-0.4, -0.2) is 20.5 Å². The van der Waals surface area contributed by atoms with Crippen LogP contribution in [-0.2, 0) is 10.3 Å². The normalized spacial score (nSPS) is 13.0. The van der Waals surface area contributed by atoms with Gasteiger partial charge >= 0.3 is 0 Å². The fraction of sp³-hybridized carbons (Fsp3) is 0.0385. The minimum atomic E-state index is -1.74. The number of aliphatic carboxylic acids is 1. The number of hydrogen-bond acceptors (Lipinski definition) is 4. The zero-order valence-electron chi connectivity index (χ0n) is 17.5. The van der Waals surface area contributed by atoms with Gasteiger partial charge < -0.3 is 19.5 Å². The summed E-state index contributed by atoms with van der Waals surface area (Å²) in [6.07, 6.45) is 4.50. The van der Waals surface area contributed by atoms with Crippen molar-refractivity contribution in [2.45, 2.75) is 5.54 Å². The maximum Gasteiger partial charge on any atom is 0.249 e. The van der Waals surface area contributed by atoms with Gasteiger partial charge in [-0.2, -0.15) is 0 Å². The summed E-state index contributed by atoms with van der Waals surface area (Å²) in [7, 11) is 0. The second-order valence-electron chi connectivity index (χ2n) is 7.79. The molecule has 6 nitrogen and oxygen atoms in total. The summed E-state index contributed by atoms with van der Waals surface area (Å²) in [6, 6.07) is 20.2. The first-order valence-electron chi connectivity index (χ1n) is 10.3. The van der Waals surface area contributed by atoms with Crippen LogP contribution in [0.15, 0.2) is 96.3 Å². The topological polar surface area (TPSA) is 90.8 Å². The number of benzene rings is 3. The Kier molecular flexibility index (Phi) is 5.48. The van der Waals surface area contributed by atoms with Gasteiger partial charge in [0, 0.05) is 39.4 Å². The predicted octanol–water partition coefficient (Wildman–Crippen LogP) is 4.24. The lowest BCUT2D eigenvalue weighted by atomic mass is 9.81. The number of hydrogen-bond donors (Lipinski definition) is 1. The average Bonchev–Trinajstić information content (AvgIpc) is 3.35. The highest BCUT2D eigenvalue weighted by atomic mass is 35.5. The first kappa shape index (κ1) is 21.9. The van der Waals surface area contributed by atoms with Crippen LogP contribution in [0.3, 0.4) is 0 Å².